The van der Waals surface area contributed by atoms with E-state index < -0.39 is 75.8 Å². The number of rotatable bonds is 2. The minimum Gasteiger partial charge on any atom is -0.508 e. The molecule has 2 aromatic carbocycles. The number of hydrogen-bond acceptors (Lipinski definition) is 7. The molecule has 3 aliphatic carbocycles. The van der Waals surface area contributed by atoms with E-state index in [1.165, 1.54) is 18.2 Å². The fourth-order valence-electron chi connectivity index (χ4n) is 5.56. The molecule has 6 N–H and O–H groups in total. The molecule has 0 aliphatic heterocycles. The smallest absolute Gasteiger partial charge is 0.255 e. The molecule has 0 heterocycles. The van der Waals surface area contributed by atoms with E-state index in [1.807, 2.05) is 0 Å². The first-order valence-electron chi connectivity index (χ1n) is 10.7. The van der Waals surface area contributed by atoms with Crippen LogP contribution in [0.4, 0.5) is 8.78 Å². The molecule has 5 rings (SSSR count). The van der Waals surface area contributed by atoms with Gasteiger partial charge in [0.05, 0.1) is 5.56 Å². The summed E-state index contributed by atoms with van der Waals surface area (Å²) < 4.78 is 27.4. The van der Waals surface area contributed by atoms with Crippen LogP contribution in [0.3, 0.4) is 0 Å². The Balaban J connectivity index is 1.71. The lowest BCUT2D eigenvalue weighted by atomic mass is 9.59. The summed E-state index contributed by atoms with van der Waals surface area (Å²) in [4.78, 5) is 37.6. The van der Waals surface area contributed by atoms with Crippen molar-refractivity contribution in [2.75, 3.05) is 0 Å². The second-order valence-electron chi connectivity index (χ2n) is 9.02. The van der Waals surface area contributed by atoms with Gasteiger partial charge < -0.3 is 26.2 Å². The molecule has 0 spiro atoms. The van der Waals surface area contributed by atoms with Crippen molar-refractivity contribution in [3.63, 3.8) is 0 Å². The van der Waals surface area contributed by atoms with Crippen molar-refractivity contribution in [1.82, 2.24) is 0 Å². The molecule has 35 heavy (non-hydrogen) atoms. The largest absolute Gasteiger partial charge is 0.508 e. The number of benzene rings is 2. The van der Waals surface area contributed by atoms with Crippen LogP contribution in [0.2, 0.25) is 0 Å². The first kappa shape index (κ1) is 22.7. The highest BCUT2D eigenvalue weighted by molar-refractivity contribution is 6.22. The predicted octanol–water partition coefficient (Wildman–Crippen LogP) is 2.37. The Kier molecular flexibility index (Phi) is 4.85. The van der Waals surface area contributed by atoms with Gasteiger partial charge in [-0.05, 0) is 53.6 Å². The zero-order valence-corrected chi connectivity index (χ0v) is 18.0. The van der Waals surface area contributed by atoms with Crippen molar-refractivity contribution in [3.8, 4) is 16.9 Å². The lowest BCUT2D eigenvalue weighted by Gasteiger charge is -2.46. The lowest BCUT2D eigenvalue weighted by molar-refractivity contribution is -0.147. The van der Waals surface area contributed by atoms with Crippen molar-refractivity contribution in [2.45, 2.75) is 24.9 Å². The van der Waals surface area contributed by atoms with Crippen molar-refractivity contribution in [3.05, 3.63) is 70.0 Å². The minimum absolute atomic E-state index is 0.0320. The highest BCUT2D eigenvalue weighted by atomic mass is 19.2. The second-order valence-corrected chi connectivity index (χ2v) is 9.02. The van der Waals surface area contributed by atoms with E-state index in [9.17, 15) is 43.6 Å². The van der Waals surface area contributed by atoms with Crippen LogP contribution in [0.25, 0.3) is 16.9 Å². The first-order valence-corrected chi connectivity index (χ1v) is 10.7. The standard InChI is InChI=1S/C25H19F2NO7/c26-14-3-1-9(7-15(14)27)12-2-4-16(29)19-13(12)6-10-5-11-8-17(30)20(24(28)34)23(33)25(11,35)22(32)18(10)21(19)31/h1-4,7,10-11,29,31,33,35H,5-6,8H2,(H2,28,34). The third-order valence-corrected chi connectivity index (χ3v) is 7.18. The van der Waals surface area contributed by atoms with Crippen LogP contribution in [0, 0.1) is 23.5 Å². The number of aliphatic hydroxyl groups is 3. The second kappa shape index (κ2) is 7.47. The highest BCUT2D eigenvalue weighted by Gasteiger charge is 2.60. The molecule has 0 radical (unpaired) electrons. The molecular weight excluding hydrogens is 464 g/mol. The molecule has 1 fully saturated rings. The maximum absolute atomic E-state index is 13.9. The summed E-state index contributed by atoms with van der Waals surface area (Å²) in [5.41, 5.74) is 2.26. The maximum Gasteiger partial charge on any atom is 0.255 e. The van der Waals surface area contributed by atoms with Gasteiger partial charge >= 0.3 is 0 Å². The van der Waals surface area contributed by atoms with Gasteiger partial charge in [0.15, 0.2) is 23.0 Å². The third-order valence-electron chi connectivity index (χ3n) is 7.18. The van der Waals surface area contributed by atoms with E-state index in [0.29, 0.717) is 11.1 Å². The molecule has 2 aromatic rings. The number of fused-ring (bicyclic) bond motifs is 3. The van der Waals surface area contributed by atoms with Crippen LogP contribution in [-0.2, 0) is 20.8 Å². The zero-order chi connectivity index (χ0) is 25.4. The van der Waals surface area contributed by atoms with E-state index in [2.05, 4.69) is 0 Å². The Bertz CT molecular complexity index is 1430. The van der Waals surface area contributed by atoms with Gasteiger partial charge in [0.25, 0.3) is 5.91 Å². The quantitative estimate of drug-likeness (QED) is 0.410. The number of halogens is 2. The number of aromatic hydroxyl groups is 1. The number of hydrogen-bond donors (Lipinski definition) is 5. The molecule has 8 nitrogen and oxygen atoms in total. The monoisotopic (exact) mass is 483 g/mol. The summed E-state index contributed by atoms with van der Waals surface area (Å²) in [6, 6.07) is 5.94. The van der Waals surface area contributed by atoms with Gasteiger partial charge in [0.1, 0.15) is 22.8 Å². The number of primary amides is 1. The van der Waals surface area contributed by atoms with Gasteiger partial charge in [-0.1, -0.05) is 12.1 Å². The SMILES string of the molecule is NC(=O)C1=C(O)C2(O)C(=O)C3=C(O)c4c(O)ccc(-c5ccc(F)c(F)c5)c4CC3CC2CC1=O. The Labute approximate surface area is 196 Å². The normalized spacial score (nSPS) is 25.8. The molecule has 10 heteroatoms. The number of nitrogens with two attached hydrogens (primary N) is 1. The molecule has 3 atom stereocenters. The van der Waals surface area contributed by atoms with Crippen LogP contribution in [0.1, 0.15) is 24.0 Å². The zero-order valence-electron chi connectivity index (χ0n) is 18.0. The summed E-state index contributed by atoms with van der Waals surface area (Å²) in [5, 5.41) is 43.4. The number of ketones is 2. The summed E-state index contributed by atoms with van der Waals surface area (Å²) in [7, 11) is 0. The van der Waals surface area contributed by atoms with E-state index in [-0.39, 0.29) is 29.5 Å². The summed E-state index contributed by atoms with van der Waals surface area (Å²) in [5.74, 6) is -9.39. The summed E-state index contributed by atoms with van der Waals surface area (Å²) >= 11 is 0. The van der Waals surface area contributed by atoms with Crippen LogP contribution in [0.5, 0.6) is 5.75 Å². The van der Waals surface area contributed by atoms with E-state index in [0.717, 1.165) is 12.1 Å². The maximum atomic E-state index is 13.9. The molecule has 3 unspecified atom stereocenters. The number of phenols is 1. The number of carbonyl (C=O) groups is 3. The average molecular weight is 483 g/mol. The Morgan fingerprint density at radius 2 is 1.74 bits per heavy atom. The highest BCUT2D eigenvalue weighted by Crippen LogP contribution is 2.53. The number of amides is 1. The van der Waals surface area contributed by atoms with Gasteiger partial charge in [0, 0.05) is 17.9 Å². The molecule has 1 saturated carbocycles. The van der Waals surface area contributed by atoms with Crippen LogP contribution in [0.15, 0.2) is 47.2 Å². The number of phenolic OH excluding ortho intramolecular Hbond substituents is 1. The Morgan fingerprint density at radius 1 is 1.03 bits per heavy atom. The molecule has 3 aliphatic rings. The van der Waals surface area contributed by atoms with Crippen LogP contribution >= 0.6 is 0 Å². The number of Topliss-reactive ketones (excluding diaryl/α,β-unsaturated/α-hetero) is 2. The average Bonchev–Trinajstić information content (AvgIpc) is 2.78. The fraction of sp³-hybridized carbons (Fsp3) is 0.240. The van der Waals surface area contributed by atoms with Gasteiger partial charge in [-0.3, -0.25) is 14.4 Å². The van der Waals surface area contributed by atoms with Gasteiger partial charge in [-0.25, -0.2) is 8.78 Å². The molecule has 1 amide bonds. The van der Waals surface area contributed by atoms with E-state index >= 15 is 0 Å². The Hall–Kier alpha value is -4.05. The fourth-order valence-corrected chi connectivity index (χ4v) is 5.56. The lowest BCUT2D eigenvalue weighted by Crippen LogP contribution is -2.58. The van der Waals surface area contributed by atoms with Gasteiger partial charge in [-0.2, -0.15) is 0 Å². The van der Waals surface area contributed by atoms with E-state index in [4.69, 9.17) is 5.73 Å². The van der Waals surface area contributed by atoms with E-state index in [1.54, 1.807) is 0 Å². The van der Waals surface area contributed by atoms with Crippen molar-refractivity contribution in [2.24, 2.45) is 17.6 Å². The number of aliphatic hydroxyl groups excluding tert-OH is 2. The summed E-state index contributed by atoms with van der Waals surface area (Å²) in [6.07, 6.45) is -0.412. The number of carbonyl (C=O) groups excluding carboxylic acids is 3. The minimum atomic E-state index is -2.65. The van der Waals surface area contributed by atoms with Gasteiger partial charge in [-0.15, -0.1) is 0 Å². The van der Waals surface area contributed by atoms with Crippen molar-refractivity contribution in [1.29, 1.82) is 0 Å². The Morgan fingerprint density at radius 3 is 2.40 bits per heavy atom. The van der Waals surface area contributed by atoms with Crippen LogP contribution in [-0.4, -0.2) is 43.5 Å². The van der Waals surface area contributed by atoms with Crippen molar-refractivity contribution >= 4 is 23.2 Å². The molecule has 0 aromatic heterocycles. The molecule has 0 saturated heterocycles. The van der Waals surface area contributed by atoms with Crippen molar-refractivity contribution < 1.29 is 43.6 Å². The topological polar surface area (TPSA) is 158 Å². The molecule has 180 valence electrons. The van der Waals surface area contributed by atoms with Crippen LogP contribution < -0.4 is 5.73 Å². The molecular formula is C25H19F2NO7. The third kappa shape index (κ3) is 3.02. The first-order chi connectivity index (χ1) is 16.5. The predicted molar refractivity (Wildman–Crippen MR) is 117 cm³/mol. The molecule has 0 bridgehead atoms. The van der Waals surface area contributed by atoms with Gasteiger partial charge in [0.2, 0.25) is 5.78 Å². The summed E-state index contributed by atoms with van der Waals surface area (Å²) in [6.45, 7) is 0.